The number of halogens is 4. The molecule has 0 bridgehead atoms. The maximum atomic E-state index is 17.2. The van der Waals surface area contributed by atoms with Crippen LogP contribution in [0.1, 0.15) is 97.1 Å². The summed E-state index contributed by atoms with van der Waals surface area (Å²) in [5, 5.41) is 9.78. The van der Waals surface area contributed by atoms with Crippen LogP contribution in [0.5, 0.6) is 11.5 Å². The number of phosphoric ester groups is 2. The molecule has 15 nitrogen and oxygen atoms in total. The van der Waals surface area contributed by atoms with Gasteiger partial charge < -0.3 is 43.7 Å². The lowest BCUT2D eigenvalue weighted by atomic mass is 9.78. The number of phosphoric acid groups is 2. The van der Waals surface area contributed by atoms with Crippen molar-refractivity contribution in [3.63, 3.8) is 0 Å². The van der Waals surface area contributed by atoms with Crippen molar-refractivity contribution < 1.29 is 74.7 Å². The van der Waals surface area contributed by atoms with Crippen LogP contribution in [-0.4, -0.2) is 87.5 Å². The Morgan fingerprint density at radius 1 is 0.891 bits per heavy atom. The van der Waals surface area contributed by atoms with Crippen molar-refractivity contribution in [2.75, 3.05) is 44.8 Å². The van der Waals surface area contributed by atoms with E-state index in [9.17, 15) is 43.4 Å². The Labute approximate surface area is 364 Å². The lowest BCUT2D eigenvalue weighted by Crippen LogP contribution is -2.53. The van der Waals surface area contributed by atoms with E-state index in [2.05, 4.69) is 9.48 Å². The molecule has 3 aromatic rings. The van der Waals surface area contributed by atoms with Crippen molar-refractivity contribution in [3.8, 4) is 11.5 Å². The summed E-state index contributed by atoms with van der Waals surface area (Å²) in [6.45, 7) is 7.02. The Hall–Kier alpha value is -4.71. The molecule has 4 N–H and O–H groups in total. The van der Waals surface area contributed by atoms with E-state index < -0.39 is 92.6 Å². The van der Waals surface area contributed by atoms with Gasteiger partial charge in [0.1, 0.15) is 18.0 Å². The summed E-state index contributed by atoms with van der Waals surface area (Å²) in [6, 6.07) is 2.96. The summed E-state index contributed by atoms with van der Waals surface area (Å²) in [4.78, 5) is 69.7. The van der Waals surface area contributed by atoms with Gasteiger partial charge in [-0.25, -0.2) is 26.7 Å². The van der Waals surface area contributed by atoms with E-state index in [1.165, 1.54) is 19.2 Å². The highest BCUT2D eigenvalue weighted by atomic mass is 31.2. The van der Waals surface area contributed by atoms with E-state index >= 15 is 17.6 Å². The van der Waals surface area contributed by atoms with Crippen molar-refractivity contribution in [2.45, 2.75) is 77.3 Å². The van der Waals surface area contributed by atoms with Crippen LogP contribution in [0.15, 0.2) is 24.3 Å². The average Bonchev–Trinajstić information content (AvgIpc) is 3.21. The van der Waals surface area contributed by atoms with Gasteiger partial charge in [0.15, 0.2) is 28.8 Å². The second-order valence-corrected chi connectivity index (χ2v) is 20.1. The first-order valence-electron chi connectivity index (χ1n) is 20.5. The van der Waals surface area contributed by atoms with Gasteiger partial charge in [0.2, 0.25) is 5.36 Å². The number of benzene rings is 3. The van der Waals surface area contributed by atoms with Crippen molar-refractivity contribution in [3.05, 3.63) is 97.1 Å². The van der Waals surface area contributed by atoms with Gasteiger partial charge >= 0.3 is 13.8 Å². The number of aliphatic carboxylic acids is 1. The molecule has 1 unspecified atom stereocenters. The Bertz CT molecular complexity index is 2890. The van der Waals surface area contributed by atoms with Gasteiger partial charge in [-0.1, -0.05) is 6.08 Å². The Morgan fingerprint density at radius 2 is 1.55 bits per heavy atom. The van der Waals surface area contributed by atoms with Crippen LogP contribution in [0, 0.1) is 23.3 Å². The summed E-state index contributed by atoms with van der Waals surface area (Å²) in [7, 11) is -9.17. The smallest absolute Gasteiger partial charge is 0.469 e. The molecule has 5 aliphatic heterocycles. The van der Waals surface area contributed by atoms with Crippen molar-refractivity contribution in [2.24, 2.45) is 0 Å². The normalized spacial score (nSPS) is 18.7. The predicted octanol–water partition coefficient (Wildman–Crippen LogP) is 4.66. The number of carboxylic acid groups (broad SMARTS) is 1. The zero-order valence-corrected chi connectivity index (χ0v) is 37.2. The van der Waals surface area contributed by atoms with E-state index in [0.29, 0.717) is 72.1 Å². The highest BCUT2D eigenvalue weighted by molar-refractivity contribution is 7.46. The van der Waals surface area contributed by atoms with Crippen LogP contribution in [0.3, 0.4) is 0 Å². The predicted molar refractivity (Wildman–Crippen MR) is 222 cm³/mol. The molecule has 0 aromatic heterocycles. The summed E-state index contributed by atoms with van der Waals surface area (Å²) < 4.78 is 108. The Balaban J connectivity index is 1.54. The second kappa shape index (κ2) is 16.0. The monoisotopic (exact) mass is 933 g/mol. The molecular weight excluding hydrogens is 888 g/mol. The maximum Gasteiger partial charge on any atom is 0.469 e. The minimum absolute atomic E-state index is 0.0334. The molecule has 21 heteroatoms. The fourth-order valence-corrected chi connectivity index (χ4v) is 10.5. The summed E-state index contributed by atoms with van der Waals surface area (Å²) in [6.07, 6.45) is 4.69. The third kappa shape index (κ3) is 7.93. The number of rotatable bonds is 12. The standard InChI is InChI=1S/C43H45F4N3O12P2/c1-42(2)17-21(19-60-63(54,55)56)25-15-27-30(31-32(34(45)36(47)35(46)33(31)44)41(53)48(5)12-8-11-29(51)52)28-16-26-22(20-61-64(57,58)59)18-43(3,4)50-14-7-10-24(38(26)50)40(28)62-39(27)23-9-6-13-49(42)37(23)25/h15-18H,6-14,19-20H2,1-5H3,(H4-,51,52,54,55,56,57,58,59). The fraction of sp³-hybridized carbons (Fsp3) is 0.419. The van der Waals surface area contributed by atoms with E-state index in [1.807, 2.05) is 27.7 Å². The van der Waals surface area contributed by atoms with Crippen molar-refractivity contribution in [1.29, 1.82) is 0 Å². The highest BCUT2D eigenvalue weighted by Crippen LogP contribution is 2.54. The first kappa shape index (κ1) is 45.8. The van der Waals surface area contributed by atoms with Crippen LogP contribution in [-0.2, 0) is 35.8 Å². The van der Waals surface area contributed by atoms with Gasteiger partial charge in [-0.3, -0.25) is 18.7 Å². The largest absolute Gasteiger partial charge is 0.756 e. The molecule has 0 saturated heterocycles. The molecule has 0 saturated carbocycles. The molecule has 0 fully saturated rings. The third-order valence-electron chi connectivity index (χ3n) is 12.5. The number of carboxylic acids is 1. The number of carbonyl (C=O) groups is 2. The van der Waals surface area contributed by atoms with Gasteiger partial charge in [-0.2, -0.15) is 0 Å². The number of nitrogens with zero attached hydrogens (tertiary/aromatic N) is 3. The molecule has 3 aromatic carbocycles. The molecule has 8 rings (SSSR count). The van der Waals surface area contributed by atoms with Crippen molar-refractivity contribution in [1.82, 2.24) is 9.48 Å². The zero-order chi connectivity index (χ0) is 46.6. The number of amides is 1. The lowest BCUT2D eigenvalue weighted by molar-refractivity contribution is -0.218. The molecule has 1 atom stereocenters. The molecule has 64 heavy (non-hydrogen) atoms. The van der Waals surface area contributed by atoms with Gasteiger partial charge in [-0.15, -0.1) is 0 Å². The minimum Gasteiger partial charge on any atom is -0.756 e. The van der Waals surface area contributed by atoms with E-state index in [0.717, 1.165) is 4.90 Å². The number of carbonyl (C=O) groups excluding carboxylic acids is 1. The number of fused-ring (bicyclic) bond motifs is 4. The Morgan fingerprint density at radius 3 is 2.22 bits per heavy atom. The van der Waals surface area contributed by atoms with Crippen molar-refractivity contribution >= 4 is 49.9 Å². The first-order valence-corrected chi connectivity index (χ1v) is 23.5. The quantitative estimate of drug-likeness (QED) is 0.0502. The van der Waals surface area contributed by atoms with Gasteiger partial charge in [0, 0.05) is 79.9 Å². The summed E-state index contributed by atoms with van der Waals surface area (Å²) >= 11 is 0. The summed E-state index contributed by atoms with van der Waals surface area (Å²) in [5.74, 6) is -10.8. The van der Waals surface area contributed by atoms with Gasteiger partial charge in [0.05, 0.1) is 41.1 Å². The molecule has 0 radical (unpaired) electrons. The van der Waals surface area contributed by atoms with E-state index in [-0.39, 0.29) is 52.0 Å². The number of anilines is 1. The minimum atomic E-state index is -5.29. The molecular formula is C43H45F4N3O12P2. The average molecular weight is 934 g/mol. The van der Waals surface area contributed by atoms with Gasteiger partial charge in [-0.05, 0) is 68.9 Å². The second-order valence-electron chi connectivity index (χ2n) is 17.6. The zero-order valence-electron chi connectivity index (χ0n) is 35.4. The molecule has 0 aliphatic carbocycles. The first-order chi connectivity index (χ1) is 29.8. The van der Waals surface area contributed by atoms with Crippen LogP contribution < -0.4 is 29.7 Å². The molecule has 342 valence electrons. The number of hydrogen-bond acceptors (Lipinski definition) is 9. The molecule has 1 amide bonds. The van der Waals surface area contributed by atoms with Crippen LogP contribution in [0.4, 0.5) is 23.2 Å². The molecule has 5 aliphatic rings. The molecule has 5 heterocycles. The van der Waals surface area contributed by atoms with E-state index in [1.54, 1.807) is 12.2 Å². The number of hydrogen-bond donors (Lipinski definition) is 4. The SMILES string of the molecule is CN(CCCC(=O)O)C(=O)c1c(F)c(F)c(F)c(F)c1C1=c2cc3c4c(c2Oc2c1cc1c5c2CCCN5C(C)(C)C=C1COP(=O)(O)O)CCC[N+]=4C(C)(C)C=C3COP(=O)([O-])O. The summed E-state index contributed by atoms with van der Waals surface area (Å²) in [5.41, 5.74) is -1.24. The Kier molecular flexibility index (Phi) is 11.5. The van der Waals surface area contributed by atoms with Crippen LogP contribution in [0.25, 0.3) is 16.7 Å². The van der Waals surface area contributed by atoms with Crippen LogP contribution >= 0.6 is 15.6 Å². The highest BCUT2D eigenvalue weighted by Gasteiger charge is 2.45. The topological polar surface area (TPSA) is 209 Å². The molecule has 0 spiro atoms. The third-order valence-corrected chi connectivity index (χ3v) is 13.4. The lowest BCUT2D eigenvalue weighted by Gasteiger charge is -2.47. The maximum absolute atomic E-state index is 17.2. The van der Waals surface area contributed by atoms with Crippen LogP contribution in [0.2, 0.25) is 0 Å². The van der Waals surface area contributed by atoms with Gasteiger partial charge in [0.25, 0.3) is 13.7 Å². The number of ether oxygens (including phenoxy) is 1. The fourth-order valence-electron chi connectivity index (χ4n) is 9.85. The van der Waals surface area contributed by atoms with E-state index in [4.69, 9.17) is 13.8 Å².